The number of benzene rings is 3. The summed E-state index contributed by atoms with van der Waals surface area (Å²) in [5.41, 5.74) is 2.77. The highest BCUT2D eigenvalue weighted by molar-refractivity contribution is 6.00. The molecule has 0 spiro atoms. The van der Waals surface area contributed by atoms with Crippen molar-refractivity contribution in [1.82, 2.24) is 5.48 Å². The second-order valence-corrected chi connectivity index (χ2v) is 6.80. The first-order chi connectivity index (χ1) is 15.6. The highest BCUT2D eigenvalue weighted by Crippen LogP contribution is 2.28. The summed E-state index contributed by atoms with van der Waals surface area (Å²) in [4.78, 5) is 24.0. The van der Waals surface area contributed by atoms with E-state index in [1.165, 1.54) is 11.6 Å². The zero-order chi connectivity index (χ0) is 22.8. The third-order valence-electron chi connectivity index (χ3n) is 4.60. The number of hydroxylamine groups is 1. The van der Waals surface area contributed by atoms with Crippen molar-refractivity contribution >= 4 is 28.5 Å². The Morgan fingerprint density at radius 1 is 1.03 bits per heavy atom. The summed E-state index contributed by atoms with van der Waals surface area (Å²) < 4.78 is 11.1. The molecule has 0 unspecified atom stereocenters. The molecule has 0 aliphatic heterocycles. The molecule has 0 aromatic heterocycles. The lowest BCUT2D eigenvalue weighted by Crippen LogP contribution is -2.18. The molecule has 3 rings (SSSR count). The molecule has 0 aliphatic rings. The number of hydrogen-bond donors (Lipinski definition) is 4. The van der Waals surface area contributed by atoms with E-state index in [2.05, 4.69) is 5.32 Å². The highest BCUT2D eigenvalue weighted by Gasteiger charge is 2.17. The van der Waals surface area contributed by atoms with Gasteiger partial charge in [-0.25, -0.2) is 10.3 Å². The van der Waals surface area contributed by atoms with Gasteiger partial charge in [-0.15, -0.1) is 0 Å². The predicted molar refractivity (Wildman–Crippen MR) is 120 cm³/mol. The molecule has 0 saturated heterocycles. The first-order valence-electron chi connectivity index (χ1n) is 10.0. The van der Waals surface area contributed by atoms with Gasteiger partial charge in [-0.3, -0.25) is 15.3 Å². The van der Waals surface area contributed by atoms with Gasteiger partial charge in [-0.1, -0.05) is 54.6 Å². The van der Waals surface area contributed by atoms with Crippen LogP contribution in [0.1, 0.15) is 18.1 Å². The van der Waals surface area contributed by atoms with E-state index in [4.69, 9.17) is 19.8 Å². The topological polar surface area (TPSA) is 117 Å². The molecule has 32 heavy (non-hydrogen) atoms. The maximum atomic E-state index is 12.7. The first kappa shape index (κ1) is 22.8. The molecule has 0 saturated carbocycles. The van der Waals surface area contributed by atoms with Crippen molar-refractivity contribution in [2.24, 2.45) is 0 Å². The van der Waals surface area contributed by atoms with Gasteiger partial charge in [0.15, 0.2) is 0 Å². The van der Waals surface area contributed by atoms with Crippen LogP contribution >= 0.6 is 0 Å². The molecule has 1 atom stereocenters. The third kappa shape index (κ3) is 6.31. The molecule has 3 aromatic rings. The van der Waals surface area contributed by atoms with Crippen LogP contribution in [0.4, 0.5) is 10.5 Å². The molecular weight excluding hydrogens is 412 g/mol. The molecule has 166 valence electrons. The maximum absolute atomic E-state index is 12.7. The second-order valence-electron chi connectivity index (χ2n) is 6.80. The zero-order valence-electron chi connectivity index (χ0n) is 17.2. The van der Waals surface area contributed by atoms with Crippen LogP contribution < -0.4 is 15.5 Å². The molecule has 0 heterocycles. The van der Waals surface area contributed by atoms with E-state index in [1.807, 2.05) is 36.4 Å². The summed E-state index contributed by atoms with van der Waals surface area (Å²) in [5, 5.41) is 22.2. The quantitative estimate of drug-likeness (QED) is 0.229. The molecule has 0 fully saturated rings. The smallest absolute Gasteiger partial charge is 0.412 e. The van der Waals surface area contributed by atoms with Crippen LogP contribution in [0.3, 0.4) is 0 Å². The fourth-order valence-corrected chi connectivity index (χ4v) is 3.16. The minimum Gasteiger partial charge on any atom is -0.491 e. The van der Waals surface area contributed by atoms with E-state index in [0.717, 1.165) is 16.8 Å². The fourth-order valence-electron chi connectivity index (χ4n) is 3.16. The molecule has 8 nitrogen and oxygen atoms in total. The lowest BCUT2D eigenvalue weighted by molar-refractivity contribution is -0.124. The average Bonchev–Trinajstić information content (AvgIpc) is 2.82. The summed E-state index contributed by atoms with van der Waals surface area (Å²) in [5.74, 6) is -0.180. The van der Waals surface area contributed by atoms with Crippen molar-refractivity contribution in [2.75, 3.05) is 18.5 Å². The van der Waals surface area contributed by atoms with E-state index in [0.29, 0.717) is 17.0 Å². The number of carbonyl (C=O) groups is 2. The Kier molecular flexibility index (Phi) is 8.19. The van der Waals surface area contributed by atoms with Crippen LogP contribution in [0.25, 0.3) is 10.8 Å². The van der Waals surface area contributed by atoms with E-state index in [1.54, 1.807) is 30.3 Å². The first-order valence-corrected chi connectivity index (χ1v) is 10.0. The van der Waals surface area contributed by atoms with Crippen molar-refractivity contribution < 1.29 is 29.4 Å². The minimum absolute atomic E-state index is 0.128. The molecule has 0 aliphatic carbocycles. The summed E-state index contributed by atoms with van der Waals surface area (Å²) in [7, 11) is 0. The number of carbonyl (C=O) groups excluding carboxylic acids is 2. The standard InChI is InChI=1S/C24H24N2O6/c27-14-15-31-19-9-3-8-18(16-19)22(12-5-13-23(28)26-30)32-24(29)25-21-11-4-7-17-6-1-2-10-20(17)21/h1-11,13,16,22,27,30H,12,14-15H2,(H,25,29)(H,26,28)/b13-5+/t22-/m1/s1. The number of fused-ring (bicyclic) bond motifs is 1. The van der Waals surface area contributed by atoms with E-state index in [9.17, 15) is 9.59 Å². The molecule has 8 heteroatoms. The van der Waals surface area contributed by atoms with Gasteiger partial charge < -0.3 is 14.6 Å². The van der Waals surface area contributed by atoms with Crippen molar-refractivity contribution in [3.05, 3.63) is 84.4 Å². The molecule has 2 amide bonds. The van der Waals surface area contributed by atoms with Gasteiger partial charge in [-0.2, -0.15) is 0 Å². The molecule has 0 radical (unpaired) electrons. The monoisotopic (exact) mass is 436 g/mol. The van der Waals surface area contributed by atoms with Gasteiger partial charge in [0.1, 0.15) is 18.5 Å². The number of anilines is 1. The molecule has 0 bridgehead atoms. The molecular formula is C24H24N2O6. The Bertz CT molecular complexity index is 1090. The van der Waals surface area contributed by atoms with Gasteiger partial charge in [0.05, 0.1) is 12.3 Å². The molecule has 3 aromatic carbocycles. The van der Waals surface area contributed by atoms with Crippen LogP contribution in [-0.4, -0.2) is 35.5 Å². The Hall–Kier alpha value is -3.88. The Labute approximate surface area is 185 Å². The third-order valence-corrected chi connectivity index (χ3v) is 4.60. The number of aliphatic hydroxyl groups is 1. The van der Waals surface area contributed by atoms with Crippen molar-refractivity contribution in [1.29, 1.82) is 0 Å². The van der Waals surface area contributed by atoms with Gasteiger partial charge in [-0.05, 0) is 29.1 Å². The fraction of sp³-hybridized carbons (Fsp3) is 0.167. The number of aliphatic hydroxyl groups excluding tert-OH is 1. The number of ether oxygens (including phenoxy) is 2. The van der Waals surface area contributed by atoms with Crippen molar-refractivity contribution in [3.8, 4) is 5.75 Å². The van der Waals surface area contributed by atoms with Crippen LogP contribution in [0.15, 0.2) is 78.9 Å². The van der Waals surface area contributed by atoms with Gasteiger partial charge >= 0.3 is 6.09 Å². The van der Waals surface area contributed by atoms with Gasteiger partial charge in [0, 0.05) is 17.9 Å². The SMILES string of the molecule is O=C(/C=C/C[C@@H](OC(=O)Nc1cccc2ccccc12)c1cccc(OCCO)c1)NO. The predicted octanol–water partition coefficient (Wildman–Crippen LogP) is 3.95. The zero-order valence-corrected chi connectivity index (χ0v) is 17.2. The number of rotatable bonds is 9. The van der Waals surface area contributed by atoms with Crippen molar-refractivity contribution in [3.63, 3.8) is 0 Å². The van der Waals surface area contributed by atoms with Crippen LogP contribution in [0, 0.1) is 0 Å². The van der Waals surface area contributed by atoms with Gasteiger partial charge in [0.25, 0.3) is 5.91 Å². The van der Waals surface area contributed by atoms with Gasteiger partial charge in [0.2, 0.25) is 0 Å². The Morgan fingerprint density at radius 2 is 1.81 bits per heavy atom. The molecule has 4 N–H and O–H groups in total. The second kappa shape index (κ2) is 11.5. The lowest BCUT2D eigenvalue weighted by Gasteiger charge is -2.19. The Morgan fingerprint density at radius 3 is 2.62 bits per heavy atom. The summed E-state index contributed by atoms with van der Waals surface area (Å²) in [6.07, 6.45) is 1.42. The van der Waals surface area contributed by atoms with Crippen LogP contribution in [-0.2, 0) is 9.53 Å². The van der Waals surface area contributed by atoms with E-state index < -0.39 is 18.1 Å². The Balaban J connectivity index is 1.79. The number of amides is 2. The maximum Gasteiger partial charge on any atom is 0.412 e. The number of hydrogen-bond acceptors (Lipinski definition) is 6. The van der Waals surface area contributed by atoms with Crippen LogP contribution in [0.2, 0.25) is 0 Å². The summed E-state index contributed by atoms with van der Waals surface area (Å²) >= 11 is 0. The number of nitrogens with one attached hydrogen (secondary N) is 2. The highest BCUT2D eigenvalue weighted by atomic mass is 16.6. The summed E-state index contributed by atoms with van der Waals surface area (Å²) in [6.45, 7) is 0.00369. The van der Waals surface area contributed by atoms with E-state index >= 15 is 0 Å². The lowest BCUT2D eigenvalue weighted by atomic mass is 10.1. The normalized spacial score (nSPS) is 11.8. The minimum atomic E-state index is -0.731. The van der Waals surface area contributed by atoms with Crippen molar-refractivity contribution in [2.45, 2.75) is 12.5 Å². The van der Waals surface area contributed by atoms with Crippen LogP contribution in [0.5, 0.6) is 5.75 Å². The van der Waals surface area contributed by atoms with E-state index in [-0.39, 0.29) is 19.6 Å². The average molecular weight is 436 g/mol. The summed E-state index contributed by atoms with van der Waals surface area (Å²) in [6, 6.07) is 20.2. The largest absolute Gasteiger partial charge is 0.491 e.